The molecular formula is C59H89Cl2F3O4S. The molecule has 20 atom stereocenters. The molecule has 390 valence electrons. The van der Waals surface area contributed by atoms with Crippen LogP contribution in [-0.4, -0.2) is 24.4 Å². The Balaban J connectivity index is 0.000000194. The highest BCUT2D eigenvalue weighted by Gasteiger charge is 2.50. The van der Waals surface area contributed by atoms with Gasteiger partial charge in [-0.2, -0.15) is 21.6 Å². The van der Waals surface area contributed by atoms with Gasteiger partial charge in [0, 0.05) is 0 Å². The molecule has 20 unspecified atom stereocenters. The summed E-state index contributed by atoms with van der Waals surface area (Å²) in [6.07, 6.45) is 20.6. The number of rotatable bonds is 6. The Hall–Kier alpha value is -1.64. The molecule has 8 fully saturated rings. The van der Waals surface area contributed by atoms with E-state index < -0.39 is 15.6 Å². The standard InChI is InChI=1S/C29H41F3O3S.C28H42O.CH2Cl2.CH4/c1-16-5-20-9-18(3)27(22(7-16)11-20)24-13-25(15-26(14-24)35-36(33,34)29(30,31)32)28-19(4)10-21-6-17(2)8-23(28)12-21;1-16-5-20-9-18(3)27(22(7-16)11-20)24-13-25(15-26(29)14-24)28-19(4)10-21-6-17(2)8-23(28)12-21;2-1-3;/h13-23,27-28H,5-12H2,1-4H3;13-23,27-29H,5-12H2,1-4H3;1H2;1H4. The average molecular weight is 1020 g/mol. The lowest BCUT2D eigenvalue weighted by atomic mass is 9.57. The summed E-state index contributed by atoms with van der Waals surface area (Å²) in [7, 11) is -5.72. The maximum absolute atomic E-state index is 13.3. The Kier molecular flexibility index (Phi) is 17.9. The van der Waals surface area contributed by atoms with Crippen molar-refractivity contribution in [2.75, 3.05) is 5.34 Å². The lowest BCUT2D eigenvalue weighted by Gasteiger charge is -2.48. The SMILES string of the molecule is C.CC1CC2CC(C)C(c3cc(O)cc(C4C(C)CC5CC(C)CC4C5)c3)C(C1)C2.CC1CC2CC(C)C(c3cc(OS(=O)(=O)C(F)(F)F)cc(C4C(C)CC5CC(C)CC4C5)c3)C(C1)C2.ClCCl. The van der Waals surface area contributed by atoms with Gasteiger partial charge in [-0.05, 0) is 268 Å². The van der Waals surface area contributed by atoms with Crippen LogP contribution in [0.4, 0.5) is 13.2 Å². The zero-order valence-electron chi connectivity index (χ0n) is 42.5. The molecule has 8 saturated carbocycles. The van der Waals surface area contributed by atoms with E-state index in [1.807, 2.05) is 0 Å². The molecule has 69 heavy (non-hydrogen) atoms. The number of hydrogen-bond acceptors (Lipinski definition) is 4. The molecule has 0 heterocycles. The van der Waals surface area contributed by atoms with Gasteiger partial charge in [0.05, 0.1) is 5.34 Å². The summed E-state index contributed by atoms with van der Waals surface area (Å²) in [6, 6.07) is 12.2. The second-order valence-corrected chi connectivity index (χ2v) is 27.8. The van der Waals surface area contributed by atoms with Crippen molar-refractivity contribution in [1.29, 1.82) is 0 Å². The monoisotopic (exact) mass is 1020 g/mol. The van der Waals surface area contributed by atoms with E-state index in [0.717, 1.165) is 97.0 Å². The van der Waals surface area contributed by atoms with Gasteiger partial charge in [0.25, 0.3) is 0 Å². The van der Waals surface area contributed by atoms with Crippen LogP contribution < -0.4 is 4.18 Å². The number of benzene rings is 2. The quantitative estimate of drug-likeness (QED) is 0.178. The Morgan fingerprint density at radius 1 is 0.478 bits per heavy atom. The molecule has 0 spiro atoms. The topological polar surface area (TPSA) is 63.6 Å². The van der Waals surface area contributed by atoms with Crippen LogP contribution in [0.5, 0.6) is 11.5 Å². The minimum atomic E-state index is -5.72. The van der Waals surface area contributed by atoms with Gasteiger partial charge >= 0.3 is 15.6 Å². The van der Waals surface area contributed by atoms with Crippen LogP contribution in [0.25, 0.3) is 0 Å². The molecule has 4 nitrogen and oxygen atoms in total. The van der Waals surface area contributed by atoms with Gasteiger partial charge in [-0.25, -0.2) is 0 Å². The molecule has 2 aromatic carbocycles. The molecule has 0 radical (unpaired) electrons. The first-order valence-electron chi connectivity index (χ1n) is 27.2. The van der Waals surface area contributed by atoms with Gasteiger partial charge in [0.1, 0.15) is 11.5 Å². The Morgan fingerprint density at radius 2 is 0.739 bits per heavy atom. The number of hydrogen-bond donors (Lipinski definition) is 1. The minimum absolute atomic E-state index is 0. The van der Waals surface area contributed by atoms with Crippen LogP contribution in [0.1, 0.15) is 211 Å². The highest BCUT2D eigenvalue weighted by atomic mass is 35.5. The first kappa shape index (κ1) is 55.1. The highest BCUT2D eigenvalue weighted by molar-refractivity contribution is 7.88. The van der Waals surface area contributed by atoms with E-state index in [9.17, 15) is 26.7 Å². The maximum atomic E-state index is 13.3. The maximum Gasteiger partial charge on any atom is 0.534 e. The van der Waals surface area contributed by atoms with Crippen molar-refractivity contribution in [1.82, 2.24) is 0 Å². The third-order valence-electron chi connectivity index (χ3n) is 19.6. The molecule has 8 bridgehead atoms. The summed E-state index contributed by atoms with van der Waals surface area (Å²) in [5.41, 5.74) is -0.574. The van der Waals surface area contributed by atoms with Gasteiger partial charge in [0.15, 0.2) is 0 Å². The summed E-state index contributed by atoms with van der Waals surface area (Å²) < 4.78 is 68.6. The van der Waals surface area contributed by atoms with Crippen molar-refractivity contribution in [2.24, 2.45) is 94.7 Å². The molecule has 0 saturated heterocycles. The van der Waals surface area contributed by atoms with Crippen molar-refractivity contribution in [3.05, 3.63) is 58.7 Å². The first-order valence-corrected chi connectivity index (χ1v) is 29.7. The fourth-order valence-corrected chi connectivity index (χ4v) is 18.8. The van der Waals surface area contributed by atoms with Crippen LogP contribution in [0.3, 0.4) is 0 Å². The molecule has 10 heteroatoms. The van der Waals surface area contributed by atoms with Gasteiger partial charge in [0.2, 0.25) is 0 Å². The molecular weight excluding hydrogens is 933 g/mol. The molecule has 8 aliphatic rings. The Morgan fingerprint density at radius 3 is 1.00 bits per heavy atom. The summed E-state index contributed by atoms with van der Waals surface area (Å²) in [4.78, 5) is 0. The summed E-state index contributed by atoms with van der Waals surface area (Å²) in [5.74, 6) is 13.4. The predicted octanol–water partition coefficient (Wildman–Crippen LogP) is 18.1. The van der Waals surface area contributed by atoms with Crippen molar-refractivity contribution in [2.45, 2.75) is 195 Å². The summed E-state index contributed by atoms with van der Waals surface area (Å²) >= 11 is 9.53. The van der Waals surface area contributed by atoms with E-state index in [0.29, 0.717) is 64.9 Å². The van der Waals surface area contributed by atoms with Crippen molar-refractivity contribution >= 4 is 33.3 Å². The van der Waals surface area contributed by atoms with Crippen LogP contribution in [0, 0.1) is 94.7 Å². The number of alkyl halides is 5. The fraction of sp³-hybridized carbons (Fsp3) is 0.797. The van der Waals surface area contributed by atoms with Crippen LogP contribution >= 0.6 is 23.2 Å². The van der Waals surface area contributed by atoms with Crippen molar-refractivity contribution in [3.63, 3.8) is 0 Å². The smallest absolute Gasteiger partial charge is 0.508 e. The van der Waals surface area contributed by atoms with Gasteiger partial charge in [-0.1, -0.05) is 74.9 Å². The van der Waals surface area contributed by atoms with E-state index in [-0.39, 0.29) is 30.4 Å². The van der Waals surface area contributed by atoms with Crippen LogP contribution in [0.15, 0.2) is 36.4 Å². The highest BCUT2D eigenvalue weighted by Crippen LogP contribution is 2.58. The van der Waals surface area contributed by atoms with E-state index in [1.54, 1.807) is 12.1 Å². The molecule has 1 N–H and O–H groups in total. The predicted molar refractivity (Wildman–Crippen MR) is 280 cm³/mol. The van der Waals surface area contributed by atoms with Crippen molar-refractivity contribution < 1.29 is 30.9 Å². The second-order valence-electron chi connectivity index (χ2n) is 25.5. The summed E-state index contributed by atoms with van der Waals surface area (Å²) in [5, 5.41) is 11.0. The lowest BCUT2D eigenvalue weighted by molar-refractivity contribution is -0.0500. The second kappa shape index (κ2) is 22.5. The average Bonchev–Trinajstić information content (AvgIpc) is 3.19. The zero-order valence-corrected chi connectivity index (χ0v) is 44.8. The molecule has 0 aromatic heterocycles. The van der Waals surface area contributed by atoms with Gasteiger partial charge in [-0.3, -0.25) is 0 Å². The third-order valence-corrected chi connectivity index (χ3v) is 20.5. The van der Waals surface area contributed by atoms with E-state index >= 15 is 0 Å². The Bertz CT molecular complexity index is 2000. The molecule has 10 rings (SSSR count). The first-order chi connectivity index (χ1) is 32.1. The van der Waals surface area contributed by atoms with Crippen LogP contribution in [-0.2, 0) is 10.1 Å². The Labute approximate surface area is 426 Å². The molecule has 0 amide bonds. The van der Waals surface area contributed by atoms with E-state index in [4.69, 9.17) is 27.4 Å². The number of aromatic hydroxyl groups is 1. The van der Waals surface area contributed by atoms with Gasteiger partial charge in [-0.15, -0.1) is 23.2 Å². The number of fused-ring (bicyclic) bond motifs is 8. The van der Waals surface area contributed by atoms with Gasteiger partial charge < -0.3 is 9.29 Å². The zero-order chi connectivity index (χ0) is 49.0. The van der Waals surface area contributed by atoms with Crippen molar-refractivity contribution in [3.8, 4) is 11.5 Å². The molecule has 8 aliphatic carbocycles. The van der Waals surface area contributed by atoms with E-state index in [1.165, 1.54) is 75.3 Å². The normalized spacial score (nSPS) is 41.5. The van der Waals surface area contributed by atoms with Crippen LogP contribution in [0.2, 0.25) is 0 Å². The van der Waals surface area contributed by atoms with E-state index in [2.05, 4.69) is 79.7 Å². The fourth-order valence-electron chi connectivity index (χ4n) is 18.4. The number of phenols is 1. The largest absolute Gasteiger partial charge is 0.534 e. The minimum Gasteiger partial charge on any atom is -0.508 e. The third kappa shape index (κ3) is 12.5. The molecule has 2 aromatic rings. The summed E-state index contributed by atoms with van der Waals surface area (Å²) in [6.45, 7) is 19.0. The lowest BCUT2D eigenvalue weighted by Crippen LogP contribution is -2.37. The molecule has 0 aliphatic heterocycles. The number of phenolic OH excluding ortho intramolecular Hbond substituents is 1. The number of halogens is 5.